The smallest absolute Gasteiger partial charge is 0.323 e. The van der Waals surface area contributed by atoms with E-state index in [9.17, 15) is 14.4 Å². The Labute approximate surface area is 172 Å². The van der Waals surface area contributed by atoms with E-state index >= 15 is 0 Å². The van der Waals surface area contributed by atoms with Crippen LogP contribution in [0.15, 0.2) is 24.3 Å². The molecular formula is C19H21ClN4O3S. The summed E-state index contributed by atoms with van der Waals surface area (Å²) < 4.78 is 0. The summed E-state index contributed by atoms with van der Waals surface area (Å²) in [5.41, 5.74) is 0.725. The van der Waals surface area contributed by atoms with Crippen LogP contribution in [-0.4, -0.2) is 39.8 Å². The van der Waals surface area contributed by atoms with Crippen molar-refractivity contribution in [1.29, 1.82) is 0 Å². The van der Waals surface area contributed by atoms with Crippen molar-refractivity contribution in [1.82, 2.24) is 15.2 Å². The lowest BCUT2D eigenvalue weighted by Crippen LogP contribution is -2.46. The molecule has 2 aromatic rings. The minimum atomic E-state index is -0.920. The number of carbonyl (C=O) groups is 3. The maximum Gasteiger partial charge on any atom is 0.325 e. The highest BCUT2D eigenvalue weighted by atomic mass is 35.5. The molecule has 7 nitrogen and oxygen atoms in total. The molecular weight excluding hydrogens is 400 g/mol. The van der Waals surface area contributed by atoms with Gasteiger partial charge in [-0.1, -0.05) is 37.6 Å². The molecule has 1 aromatic heterocycles. The molecule has 0 spiro atoms. The Kier molecular flexibility index (Phi) is 5.71. The molecule has 9 heteroatoms. The number of thiazole rings is 1. The third-order valence-electron chi connectivity index (χ3n) is 4.92. The molecule has 1 fully saturated rings. The van der Waals surface area contributed by atoms with Crippen LogP contribution in [0.5, 0.6) is 0 Å². The molecule has 1 aliphatic rings. The summed E-state index contributed by atoms with van der Waals surface area (Å²) in [7, 11) is 0. The Morgan fingerprint density at radius 3 is 2.46 bits per heavy atom. The number of nitrogens with one attached hydrogen (secondary N) is 2. The van der Waals surface area contributed by atoms with Crippen molar-refractivity contribution >= 4 is 45.9 Å². The lowest BCUT2D eigenvalue weighted by atomic mass is 9.93. The van der Waals surface area contributed by atoms with E-state index in [2.05, 4.69) is 15.6 Å². The zero-order valence-electron chi connectivity index (χ0n) is 15.8. The van der Waals surface area contributed by atoms with Gasteiger partial charge in [0.25, 0.3) is 5.91 Å². The molecule has 2 N–H and O–H groups in total. The number of aromatic nitrogens is 1. The molecule has 2 heterocycles. The van der Waals surface area contributed by atoms with Gasteiger partial charge in [-0.2, -0.15) is 0 Å². The van der Waals surface area contributed by atoms with E-state index in [1.165, 1.54) is 11.3 Å². The monoisotopic (exact) mass is 420 g/mol. The number of aryl methyl sites for hydroxylation is 1. The maximum absolute atomic E-state index is 12.6. The summed E-state index contributed by atoms with van der Waals surface area (Å²) >= 11 is 7.25. The van der Waals surface area contributed by atoms with Gasteiger partial charge in [-0.15, -0.1) is 11.3 Å². The van der Waals surface area contributed by atoms with E-state index in [-0.39, 0.29) is 12.5 Å². The third kappa shape index (κ3) is 3.74. The van der Waals surface area contributed by atoms with Gasteiger partial charge in [0.15, 0.2) is 5.13 Å². The molecule has 3 rings (SSSR count). The summed E-state index contributed by atoms with van der Waals surface area (Å²) in [5.74, 6) is -0.835. The van der Waals surface area contributed by atoms with Crippen LogP contribution in [0, 0.1) is 6.92 Å². The van der Waals surface area contributed by atoms with E-state index in [0.717, 1.165) is 21.0 Å². The number of hydrogen-bond acceptors (Lipinski definition) is 5. The zero-order chi connectivity index (χ0) is 20.5. The number of nitrogens with zero attached hydrogens (tertiary/aromatic N) is 2. The number of urea groups is 1. The fraction of sp³-hybridized carbons (Fsp3) is 0.368. The quantitative estimate of drug-likeness (QED) is 0.695. The number of amides is 4. The molecule has 1 saturated heterocycles. The Bertz CT molecular complexity index is 922. The molecule has 148 valence electrons. The maximum atomic E-state index is 12.6. The SMILES string of the molecule is CCC1(CC)NC(=O)N(CC(=O)Nc2nc(-c3ccc(Cl)cc3)c(C)s2)C1=O. The van der Waals surface area contributed by atoms with Gasteiger partial charge in [-0.05, 0) is 31.9 Å². The first-order chi connectivity index (χ1) is 13.3. The fourth-order valence-electron chi connectivity index (χ4n) is 3.18. The summed E-state index contributed by atoms with van der Waals surface area (Å²) in [6, 6.07) is 6.73. The average molecular weight is 421 g/mol. The van der Waals surface area contributed by atoms with Crippen molar-refractivity contribution in [3.05, 3.63) is 34.2 Å². The summed E-state index contributed by atoms with van der Waals surface area (Å²) in [6.07, 6.45) is 0.949. The molecule has 0 atom stereocenters. The van der Waals surface area contributed by atoms with Gasteiger partial charge in [0, 0.05) is 15.5 Å². The number of imide groups is 1. The van der Waals surface area contributed by atoms with Gasteiger partial charge >= 0.3 is 6.03 Å². The van der Waals surface area contributed by atoms with Crippen molar-refractivity contribution in [2.75, 3.05) is 11.9 Å². The number of carbonyl (C=O) groups excluding carboxylic acids is 3. The molecule has 1 aromatic carbocycles. The number of benzene rings is 1. The van der Waals surface area contributed by atoms with Crippen molar-refractivity contribution in [2.45, 2.75) is 39.2 Å². The number of anilines is 1. The van der Waals surface area contributed by atoms with E-state index < -0.39 is 17.5 Å². The second-order valence-electron chi connectivity index (χ2n) is 6.59. The average Bonchev–Trinajstić information content (AvgIpc) is 3.14. The van der Waals surface area contributed by atoms with Crippen LogP contribution in [0.3, 0.4) is 0 Å². The number of rotatable bonds is 6. The molecule has 0 bridgehead atoms. The lowest BCUT2D eigenvalue weighted by molar-refractivity contribution is -0.134. The normalized spacial score (nSPS) is 15.6. The third-order valence-corrected chi connectivity index (χ3v) is 6.05. The Hall–Kier alpha value is -2.45. The molecule has 0 radical (unpaired) electrons. The lowest BCUT2D eigenvalue weighted by Gasteiger charge is -2.22. The summed E-state index contributed by atoms with van der Waals surface area (Å²) in [6.45, 7) is 5.23. The zero-order valence-corrected chi connectivity index (χ0v) is 17.4. The molecule has 0 unspecified atom stereocenters. The summed E-state index contributed by atoms with van der Waals surface area (Å²) in [4.78, 5) is 43.5. The van der Waals surface area contributed by atoms with Gasteiger partial charge < -0.3 is 10.6 Å². The molecule has 28 heavy (non-hydrogen) atoms. The highest BCUT2D eigenvalue weighted by Gasteiger charge is 2.49. The van der Waals surface area contributed by atoms with Crippen LogP contribution >= 0.6 is 22.9 Å². The summed E-state index contributed by atoms with van der Waals surface area (Å²) in [5, 5.41) is 6.44. The van der Waals surface area contributed by atoms with E-state index in [0.29, 0.717) is 23.0 Å². The standard InChI is InChI=1S/C19H21ClN4O3S/c1-4-19(5-2)16(26)24(18(27)23-19)10-14(25)21-17-22-15(11(3)28-17)12-6-8-13(20)9-7-12/h6-9H,4-5,10H2,1-3H3,(H,23,27)(H,21,22,25). The minimum absolute atomic E-state index is 0.346. The Morgan fingerprint density at radius 2 is 1.89 bits per heavy atom. The van der Waals surface area contributed by atoms with Gasteiger partial charge in [-0.25, -0.2) is 9.78 Å². The number of hydrogen-bond donors (Lipinski definition) is 2. The van der Waals surface area contributed by atoms with Gasteiger partial charge in [0.1, 0.15) is 12.1 Å². The van der Waals surface area contributed by atoms with Crippen molar-refractivity contribution in [3.8, 4) is 11.3 Å². The first-order valence-electron chi connectivity index (χ1n) is 8.97. The van der Waals surface area contributed by atoms with Crippen molar-refractivity contribution in [2.24, 2.45) is 0 Å². The largest absolute Gasteiger partial charge is 0.325 e. The molecule has 0 saturated carbocycles. The van der Waals surface area contributed by atoms with Crippen LogP contribution < -0.4 is 10.6 Å². The van der Waals surface area contributed by atoms with E-state index in [4.69, 9.17) is 11.6 Å². The van der Waals surface area contributed by atoms with Crippen LogP contribution in [0.25, 0.3) is 11.3 Å². The van der Waals surface area contributed by atoms with Crippen LogP contribution in [0.2, 0.25) is 5.02 Å². The van der Waals surface area contributed by atoms with Crippen LogP contribution in [-0.2, 0) is 9.59 Å². The van der Waals surface area contributed by atoms with Gasteiger partial charge in [0.2, 0.25) is 5.91 Å². The first kappa shape index (κ1) is 20.3. The highest BCUT2D eigenvalue weighted by molar-refractivity contribution is 7.16. The first-order valence-corrected chi connectivity index (χ1v) is 10.2. The fourth-order valence-corrected chi connectivity index (χ4v) is 4.15. The van der Waals surface area contributed by atoms with Crippen molar-refractivity contribution in [3.63, 3.8) is 0 Å². The van der Waals surface area contributed by atoms with E-state index in [1.807, 2.05) is 32.9 Å². The topological polar surface area (TPSA) is 91.4 Å². The second kappa shape index (κ2) is 7.89. The predicted octanol–water partition coefficient (Wildman–Crippen LogP) is 3.82. The van der Waals surface area contributed by atoms with E-state index in [1.54, 1.807) is 12.1 Å². The van der Waals surface area contributed by atoms with Crippen LogP contribution in [0.4, 0.5) is 9.93 Å². The molecule has 0 aliphatic carbocycles. The van der Waals surface area contributed by atoms with Crippen LogP contribution in [0.1, 0.15) is 31.6 Å². The minimum Gasteiger partial charge on any atom is -0.323 e. The Balaban J connectivity index is 1.71. The number of halogens is 1. The highest BCUT2D eigenvalue weighted by Crippen LogP contribution is 2.31. The van der Waals surface area contributed by atoms with Gasteiger partial charge in [-0.3, -0.25) is 14.5 Å². The van der Waals surface area contributed by atoms with Crippen molar-refractivity contribution < 1.29 is 14.4 Å². The molecule has 1 aliphatic heterocycles. The Morgan fingerprint density at radius 1 is 1.25 bits per heavy atom. The predicted molar refractivity (Wildman–Crippen MR) is 109 cm³/mol. The van der Waals surface area contributed by atoms with Gasteiger partial charge in [0.05, 0.1) is 5.69 Å². The second-order valence-corrected chi connectivity index (χ2v) is 8.23. The molecule has 4 amide bonds.